The monoisotopic (exact) mass is 627 g/mol. The number of hydrogen-bond donors (Lipinski definition) is 0. The van der Waals surface area contributed by atoms with E-state index < -0.39 is 0 Å². The van der Waals surface area contributed by atoms with E-state index in [1.807, 2.05) is 41.1 Å². The van der Waals surface area contributed by atoms with Gasteiger partial charge in [0, 0.05) is 44.0 Å². The number of benzene rings is 7. The molecule has 7 aromatic carbocycles. The van der Waals surface area contributed by atoms with Crippen molar-refractivity contribution < 1.29 is 0 Å². The molecule has 0 saturated heterocycles. The summed E-state index contributed by atoms with van der Waals surface area (Å²) < 4.78 is 6.80. The molecule has 0 unspecified atom stereocenters. The van der Waals surface area contributed by atoms with E-state index in [1.54, 1.807) is 0 Å². The Morgan fingerprint density at radius 2 is 0.816 bits per heavy atom. The second-order valence-electron chi connectivity index (χ2n) is 12.3. The first kappa shape index (κ1) is 27.4. The second kappa shape index (κ2) is 10.9. The van der Waals surface area contributed by atoms with E-state index in [0.29, 0.717) is 0 Å². The molecule has 10 aromatic rings. The van der Waals surface area contributed by atoms with Gasteiger partial charge in [-0.1, -0.05) is 133 Å². The van der Waals surface area contributed by atoms with Crippen molar-refractivity contribution >= 4 is 43.6 Å². The largest absolute Gasteiger partial charge is 0.307 e. The zero-order valence-electron chi connectivity index (χ0n) is 26.5. The topological polar surface area (TPSA) is 40.6 Å². The molecule has 0 bridgehead atoms. The summed E-state index contributed by atoms with van der Waals surface area (Å²) in [5.41, 5.74) is 11.8. The molecule has 0 amide bonds. The van der Waals surface area contributed by atoms with Crippen LogP contribution in [0.1, 0.15) is 0 Å². The maximum atomic E-state index is 4.69. The third kappa shape index (κ3) is 4.19. The van der Waals surface area contributed by atoms with Gasteiger partial charge in [-0.15, -0.1) is 5.10 Å². The van der Waals surface area contributed by atoms with Gasteiger partial charge in [-0.25, -0.2) is 4.68 Å². The van der Waals surface area contributed by atoms with Gasteiger partial charge in [0.1, 0.15) is 11.4 Å². The lowest BCUT2D eigenvalue weighted by molar-refractivity contribution is 0.808. The van der Waals surface area contributed by atoms with Crippen LogP contribution in [0.5, 0.6) is 0 Å². The Kier molecular flexibility index (Phi) is 6.11. The SMILES string of the molecule is c1ccc(-c2nnn(-c3ccccc3)c2-c2ccc(-n3c4ccccc4c4ccc5c6ccccc6n(-c6ccccc6)c5c43)cc2)cc1. The highest BCUT2D eigenvalue weighted by Gasteiger charge is 2.22. The summed E-state index contributed by atoms with van der Waals surface area (Å²) in [4.78, 5) is 0. The van der Waals surface area contributed by atoms with Crippen LogP contribution < -0.4 is 0 Å². The highest BCUT2D eigenvalue weighted by Crippen LogP contribution is 2.42. The summed E-state index contributed by atoms with van der Waals surface area (Å²) in [5, 5.41) is 14.3. The Bertz CT molecular complexity index is 2730. The van der Waals surface area contributed by atoms with E-state index in [0.717, 1.165) is 39.6 Å². The maximum Gasteiger partial charge on any atom is 0.121 e. The molecule has 0 radical (unpaired) electrons. The second-order valence-corrected chi connectivity index (χ2v) is 12.3. The Balaban J connectivity index is 1.25. The van der Waals surface area contributed by atoms with E-state index in [2.05, 4.69) is 154 Å². The van der Waals surface area contributed by atoms with Crippen molar-refractivity contribution in [2.45, 2.75) is 0 Å². The average molecular weight is 628 g/mol. The Hall–Kier alpha value is -6.72. The summed E-state index contributed by atoms with van der Waals surface area (Å²) in [5.74, 6) is 0. The van der Waals surface area contributed by atoms with Crippen molar-refractivity contribution in [2.75, 3.05) is 0 Å². The van der Waals surface area contributed by atoms with Crippen LogP contribution in [-0.2, 0) is 0 Å². The summed E-state index contributed by atoms with van der Waals surface area (Å²) >= 11 is 0. The number of aromatic nitrogens is 5. The first-order chi connectivity index (χ1) is 24.3. The Labute approximate surface area is 282 Å². The number of para-hydroxylation sites is 4. The van der Waals surface area contributed by atoms with Crippen molar-refractivity contribution in [3.63, 3.8) is 0 Å². The maximum absolute atomic E-state index is 4.69. The molecule has 0 aliphatic carbocycles. The fraction of sp³-hybridized carbons (Fsp3) is 0. The van der Waals surface area contributed by atoms with Crippen LogP contribution in [-0.4, -0.2) is 24.1 Å². The molecule has 3 heterocycles. The minimum absolute atomic E-state index is 0.850. The highest BCUT2D eigenvalue weighted by atomic mass is 15.4. The zero-order chi connectivity index (χ0) is 32.3. The van der Waals surface area contributed by atoms with Crippen LogP contribution in [0.2, 0.25) is 0 Å². The minimum Gasteiger partial charge on any atom is -0.307 e. The molecular weight excluding hydrogens is 599 g/mol. The Morgan fingerprint density at radius 1 is 0.347 bits per heavy atom. The highest BCUT2D eigenvalue weighted by molar-refractivity contribution is 6.23. The van der Waals surface area contributed by atoms with E-state index >= 15 is 0 Å². The zero-order valence-corrected chi connectivity index (χ0v) is 26.5. The fourth-order valence-corrected chi connectivity index (χ4v) is 7.46. The van der Waals surface area contributed by atoms with Crippen LogP contribution in [0.4, 0.5) is 0 Å². The third-order valence-corrected chi connectivity index (χ3v) is 9.60. The van der Waals surface area contributed by atoms with Crippen LogP contribution in [0.25, 0.3) is 83.2 Å². The van der Waals surface area contributed by atoms with Crippen molar-refractivity contribution in [1.82, 2.24) is 24.1 Å². The van der Waals surface area contributed by atoms with Crippen LogP contribution in [0.15, 0.2) is 176 Å². The first-order valence-electron chi connectivity index (χ1n) is 16.5. The van der Waals surface area contributed by atoms with Gasteiger partial charge >= 0.3 is 0 Å². The smallest absolute Gasteiger partial charge is 0.121 e. The number of rotatable bonds is 5. The lowest BCUT2D eigenvalue weighted by atomic mass is 10.0. The molecule has 230 valence electrons. The molecule has 0 aliphatic heterocycles. The molecule has 5 nitrogen and oxygen atoms in total. The van der Waals surface area contributed by atoms with Gasteiger partial charge in [-0.2, -0.15) is 0 Å². The van der Waals surface area contributed by atoms with E-state index in [1.165, 1.54) is 43.6 Å². The lowest BCUT2D eigenvalue weighted by Crippen LogP contribution is -2.00. The Morgan fingerprint density at radius 3 is 1.39 bits per heavy atom. The van der Waals surface area contributed by atoms with Gasteiger partial charge in [0.15, 0.2) is 0 Å². The lowest BCUT2D eigenvalue weighted by Gasteiger charge is -2.14. The number of nitrogens with zero attached hydrogens (tertiary/aromatic N) is 5. The van der Waals surface area contributed by atoms with Gasteiger partial charge in [0.05, 0.1) is 27.8 Å². The minimum atomic E-state index is 0.850. The van der Waals surface area contributed by atoms with Gasteiger partial charge in [-0.3, -0.25) is 0 Å². The average Bonchev–Trinajstić information content (AvgIpc) is 3.87. The number of fused-ring (bicyclic) bond motifs is 7. The van der Waals surface area contributed by atoms with Crippen LogP contribution in [0, 0.1) is 0 Å². The molecule has 49 heavy (non-hydrogen) atoms. The molecule has 5 heteroatoms. The molecule has 0 fully saturated rings. The quantitative estimate of drug-likeness (QED) is 0.190. The summed E-state index contributed by atoms with van der Waals surface area (Å²) in [6.07, 6.45) is 0. The standard InChI is InChI=1S/C44H29N5/c1-4-14-30(15-5-1)41-42(49(46-45-41)34-18-8-3-9-19-34)31-24-26-33(27-25-31)48-40-23-13-11-21-36(40)38-29-28-37-35-20-10-12-22-39(35)47(43(37)44(38)48)32-16-6-2-7-17-32/h1-29H. The van der Waals surface area contributed by atoms with Gasteiger partial charge in [0.25, 0.3) is 0 Å². The van der Waals surface area contributed by atoms with E-state index in [4.69, 9.17) is 5.10 Å². The van der Waals surface area contributed by atoms with Gasteiger partial charge in [-0.05, 0) is 48.5 Å². The molecule has 0 aliphatic rings. The molecule has 0 saturated carbocycles. The molecule has 0 atom stereocenters. The van der Waals surface area contributed by atoms with E-state index in [-0.39, 0.29) is 0 Å². The molecule has 0 N–H and O–H groups in total. The number of hydrogen-bond acceptors (Lipinski definition) is 2. The molecule has 3 aromatic heterocycles. The van der Waals surface area contributed by atoms with Crippen LogP contribution >= 0.6 is 0 Å². The fourth-order valence-electron chi connectivity index (χ4n) is 7.46. The van der Waals surface area contributed by atoms with Crippen molar-refractivity contribution in [2.24, 2.45) is 0 Å². The van der Waals surface area contributed by atoms with E-state index in [9.17, 15) is 0 Å². The van der Waals surface area contributed by atoms with Crippen molar-refractivity contribution in [1.29, 1.82) is 0 Å². The summed E-state index contributed by atoms with van der Waals surface area (Å²) in [6.45, 7) is 0. The van der Waals surface area contributed by atoms with Crippen LogP contribution in [0.3, 0.4) is 0 Å². The first-order valence-corrected chi connectivity index (χ1v) is 16.5. The van der Waals surface area contributed by atoms with Crippen molar-refractivity contribution in [3.05, 3.63) is 176 Å². The van der Waals surface area contributed by atoms with Gasteiger partial charge in [0.2, 0.25) is 0 Å². The van der Waals surface area contributed by atoms with Crippen molar-refractivity contribution in [3.8, 4) is 39.6 Å². The summed E-state index contributed by atoms with van der Waals surface area (Å²) in [6, 6.07) is 62.1. The molecular formula is C44H29N5. The summed E-state index contributed by atoms with van der Waals surface area (Å²) in [7, 11) is 0. The molecule has 0 spiro atoms. The molecule has 10 rings (SSSR count). The predicted octanol–water partition coefficient (Wildman–Crippen LogP) is 10.8. The predicted molar refractivity (Wildman–Crippen MR) is 201 cm³/mol. The van der Waals surface area contributed by atoms with Gasteiger partial charge < -0.3 is 9.13 Å². The third-order valence-electron chi connectivity index (χ3n) is 9.60. The normalized spacial score (nSPS) is 11.7.